The summed E-state index contributed by atoms with van der Waals surface area (Å²) in [6.07, 6.45) is 2.14. The largest absolute Gasteiger partial charge is 0.493 e. The molecular weight excluding hydrogens is 240 g/mol. The Morgan fingerprint density at radius 2 is 1.56 bits per heavy atom. The highest BCUT2D eigenvalue weighted by Gasteiger charge is 2.04. The van der Waals surface area contributed by atoms with E-state index in [1.807, 2.05) is 36.4 Å². The quantitative estimate of drug-likeness (QED) is 0.595. The third kappa shape index (κ3) is 3.54. The monoisotopic (exact) mass is 258 g/mol. The molecule has 0 unspecified atom stereocenters. The molecule has 0 aromatic heterocycles. The van der Waals surface area contributed by atoms with E-state index in [4.69, 9.17) is 4.74 Å². The molecule has 94 valence electrons. The van der Waals surface area contributed by atoms with Gasteiger partial charge in [-0.15, -0.1) is 0 Å². The first-order valence-electron chi connectivity index (χ1n) is 6.30. The molecular formula is C16H18OS. The van der Waals surface area contributed by atoms with Crippen LogP contribution in [0.3, 0.4) is 0 Å². The van der Waals surface area contributed by atoms with Crippen LogP contribution in [-0.4, -0.2) is 12.4 Å². The van der Waals surface area contributed by atoms with Crippen LogP contribution in [0.25, 0.3) is 11.1 Å². The van der Waals surface area contributed by atoms with Crippen molar-refractivity contribution in [2.75, 3.05) is 12.4 Å². The van der Waals surface area contributed by atoms with E-state index in [0.717, 1.165) is 36.5 Å². The molecule has 0 radical (unpaired) electrons. The van der Waals surface area contributed by atoms with Crippen LogP contribution in [0.1, 0.15) is 12.8 Å². The fourth-order valence-corrected chi connectivity index (χ4v) is 2.07. The van der Waals surface area contributed by atoms with Crippen molar-refractivity contribution in [3.8, 4) is 16.9 Å². The van der Waals surface area contributed by atoms with Crippen molar-refractivity contribution in [2.45, 2.75) is 12.8 Å². The first-order chi connectivity index (χ1) is 8.92. The van der Waals surface area contributed by atoms with Crippen LogP contribution < -0.4 is 4.74 Å². The smallest absolute Gasteiger partial charge is 0.127 e. The lowest BCUT2D eigenvalue weighted by Gasteiger charge is -2.11. The van der Waals surface area contributed by atoms with E-state index in [2.05, 4.69) is 30.8 Å². The second-order valence-corrected chi connectivity index (χ2v) is 4.59. The number of unbranched alkanes of at least 4 members (excludes halogenated alkanes) is 1. The highest BCUT2D eigenvalue weighted by Crippen LogP contribution is 2.29. The van der Waals surface area contributed by atoms with Gasteiger partial charge in [0.2, 0.25) is 0 Å². The number of hydrogen-bond acceptors (Lipinski definition) is 2. The number of thiol groups is 1. The molecule has 18 heavy (non-hydrogen) atoms. The maximum absolute atomic E-state index is 5.86. The normalized spacial score (nSPS) is 10.3. The van der Waals surface area contributed by atoms with Crippen molar-refractivity contribution in [3.05, 3.63) is 54.6 Å². The average molecular weight is 258 g/mol. The maximum Gasteiger partial charge on any atom is 0.127 e. The Kier molecular flexibility index (Phi) is 5.15. The molecule has 2 aromatic carbocycles. The molecule has 0 aliphatic carbocycles. The van der Waals surface area contributed by atoms with Crippen molar-refractivity contribution in [2.24, 2.45) is 0 Å². The molecule has 1 nitrogen and oxygen atoms in total. The molecule has 0 N–H and O–H groups in total. The minimum absolute atomic E-state index is 0.754. The Morgan fingerprint density at radius 1 is 0.833 bits per heavy atom. The van der Waals surface area contributed by atoms with Gasteiger partial charge in [-0.05, 0) is 30.2 Å². The van der Waals surface area contributed by atoms with E-state index in [1.165, 1.54) is 5.56 Å². The summed E-state index contributed by atoms with van der Waals surface area (Å²) < 4.78 is 5.86. The molecule has 0 aliphatic rings. The minimum Gasteiger partial charge on any atom is -0.493 e. The fraction of sp³-hybridized carbons (Fsp3) is 0.250. The number of para-hydroxylation sites is 1. The summed E-state index contributed by atoms with van der Waals surface area (Å²) in [6.45, 7) is 0.754. The topological polar surface area (TPSA) is 9.23 Å². The van der Waals surface area contributed by atoms with Crippen LogP contribution in [0.15, 0.2) is 54.6 Å². The molecule has 0 aliphatic heterocycles. The molecule has 2 aromatic rings. The third-order valence-corrected chi connectivity index (χ3v) is 3.10. The Morgan fingerprint density at radius 3 is 2.33 bits per heavy atom. The van der Waals surface area contributed by atoms with Gasteiger partial charge >= 0.3 is 0 Å². The molecule has 2 rings (SSSR count). The molecule has 0 amide bonds. The second kappa shape index (κ2) is 7.12. The third-order valence-electron chi connectivity index (χ3n) is 2.78. The fourth-order valence-electron chi connectivity index (χ4n) is 1.84. The van der Waals surface area contributed by atoms with Crippen molar-refractivity contribution >= 4 is 12.6 Å². The van der Waals surface area contributed by atoms with Crippen molar-refractivity contribution < 1.29 is 4.74 Å². The van der Waals surface area contributed by atoms with Gasteiger partial charge < -0.3 is 4.74 Å². The summed E-state index contributed by atoms with van der Waals surface area (Å²) in [4.78, 5) is 0. The molecule has 0 atom stereocenters. The zero-order valence-electron chi connectivity index (χ0n) is 10.4. The molecule has 0 saturated carbocycles. The van der Waals surface area contributed by atoms with Gasteiger partial charge in [0.15, 0.2) is 0 Å². The summed E-state index contributed by atoms with van der Waals surface area (Å²) in [5, 5.41) is 0. The predicted molar refractivity (Wildman–Crippen MR) is 80.5 cm³/mol. The Labute approximate surface area is 114 Å². The van der Waals surface area contributed by atoms with Crippen LogP contribution in [-0.2, 0) is 0 Å². The van der Waals surface area contributed by atoms with Crippen molar-refractivity contribution in [1.82, 2.24) is 0 Å². The number of benzene rings is 2. The summed E-state index contributed by atoms with van der Waals surface area (Å²) in [5.74, 6) is 1.88. The summed E-state index contributed by atoms with van der Waals surface area (Å²) in [6, 6.07) is 18.5. The zero-order chi connectivity index (χ0) is 12.6. The van der Waals surface area contributed by atoms with Gasteiger partial charge in [0.25, 0.3) is 0 Å². The lowest BCUT2D eigenvalue weighted by Crippen LogP contribution is -1.99. The second-order valence-electron chi connectivity index (χ2n) is 4.14. The molecule has 0 spiro atoms. The van der Waals surface area contributed by atoms with Crippen LogP contribution in [0.5, 0.6) is 5.75 Å². The van der Waals surface area contributed by atoms with Gasteiger partial charge in [0.05, 0.1) is 6.61 Å². The molecule has 0 bridgehead atoms. The van der Waals surface area contributed by atoms with Gasteiger partial charge in [-0.2, -0.15) is 12.6 Å². The number of hydrogen-bond donors (Lipinski definition) is 1. The van der Waals surface area contributed by atoms with Crippen LogP contribution in [0.4, 0.5) is 0 Å². The highest BCUT2D eigenvalue weighted by atomic mass is 32.1. The van der Waals surface area contributed by atoms with Gasteiger partial charge in [0.1, 0.15) is 5.75 Å². The maximum atomic E-state index is 5.86. The van der Waals surface area contributed by atoms with Gasteiger partial charge in [-0.25, -0.2) is 0 Å². The van der Waals surface area contributed by atoms with E-state index < -0.39 is 0 Å². The van der Waals surface area contributed by atoms with Crippen LogP contribution in [0.2, 0.25) is 0 Å². The van der Waals surface area contributed by atoms with Crippen molar-refractivity contribution in [3.63, 3.8) is 0 Å². The van der Waals surface area contributed by atoms with Crippen LogP contribution in [0, 0.1) is 0 Å². The average Bonchev–Trinajstić information content (AvgIpc) is 2.45. The Balaban J connectivity index is 2.11. The highest BCUT2D eigenvalue weighted by molar-refractivity contribution is 7.80. The van der Waals surface area contributed by atoms with Gasteiger partial charge in [-0.1, -0.05) is 48.5 Å². The predicted octanol–water partition coefficient (Wildman–Crippen LogP) is 4.44. The summed E-state index contributed by atoms with van der Waals surface area (Å²) in [5.41, 5.74) is 2.35. The van der Waals surface area contributed by atoms with Gasteiger partial charge in [-0.3, -0.25) is 0 Å². The van der Waals surface area contributed by atoms with E-state index in [9.17, 15) is 0 Å². The zero-order valence-corrected chi connectivity index (χ0v) is 11.3. The number of ether oxygens (including phenoxy) is 1. The lowest BCUT2D eigenvalue weighted by atomic mass is 10.1. The van der Waals surface area contributed by atoms with E-state index in [-0.39, 0.29) is 0 Å². The summed E-state index contributed by atoms with van der Waals surface area (Å²) in [7, 11) is 0. The van der Waals surface area contributed by atoms with E-state index >= 15 is 0 Å². The van der Waals surface area contributed by atoms with Crippen molar-refractivity contribution in [1.29, 1.82) is 0 Å². The van der Waals surface area contributed by atoms with Gasteiger partial charge in [0, 0.05) is 5.56 Å². The van der Waals surface area contributed by atoms with Crippen LogP contribution >= 0.6 is 12.6 Å². The lowest BCUT2D eigenvalue weighted by molar-refractivity contribution is 0.311. The SMILES string of the molecule is SCCCCOc1ccccc1-c1ccccc1. The standard InChI is InChI=1S/C16H18OS/c18-13-7-6-12-17-16-11-5-4-10-15(16)14-8-2-1-3-9-14/h1-5,8-11,18H,6-7,12-13H2. The Hall–Kier alpha value is -1.41. The molecule has 0 saturated heterocycles. The first-order valence-corrected chi connectivity index (χ1v) is 6.93. The molecule has 0 heterocycles. The molecule has 0 fully saturated rings. The molecule has 2 heteroatoms. The first kappa shape index (κ1) is 13.0. The van der Waals surface area contributed by atoms with E-state index in [1.54, 1.807) is 0 Å². The summed E-state index contributed by atoms with van der Waals surface area (Å²) >= 11 is 4.20. The Bertz CT molecular complexity index is 468. The number of rotatable bonds is 6. The van der Waals surface area contributed by atoms with E-state index in [0.29, 0.717) is 0 Å². The minimum atomic E-state index is 0.754.